The van der Waals surface area contributed by atoms with Crippen LogP contribution in [0.1, 0.15) is 11.1 Å². The minimum atomic E-state index is 0.928. The van der Waals surface area contributed by atoms with E-state index in [4.69, 9.17) is 11.6 Å². The lowest BCUT2D eigenvalue weighted by Gasteiger charge is -2.12. The molecule has 1 aromatic carbocycles. The minimum Gasteiger partial charge on any atom is -0.302 e. The molecule has 0 amide bonds. The molecule has 0 bridgehead atoms. The number of nitrogens with zero attached hydrogens (tertiary/aromatic N) is 1. The maximum absolute atomic E-state index is 6.27. The quantitative estimate of drug-likeness (QED) is 0.678. The number of thiophene rings is 1. The summed E-state index contributed by atoms with van der Waals surface area (Å²) < 4.78 is 1.37. The Kier molecular flexibility index (Phi) is 2.23. The van der Waals surface area contributed by atoms with Gasteiger partial charge in [0.05, 0.1) is 0 Å². The van der Waals surface area contributed by atoms with Gasteiger partial charge < -0.3 is 4.90 Å². The van der Waals surface area contributed by atoms with Crippen LogP contribution in [0, 0.1) is 0 Å². The zero-order valence-electron chi connectivity index (χ0n) is 8.59. The van der Waals surface area contributed by atoms with Crippen LogP contribution in [-0.4, -0.2) is 18.5 Å². The Labute approximate surface area is 98.3 Å². The highest BCUT2D eigenvalue weighted by Crippen LogP contribution is 2.35. The van der Waals surface area contributed by atoms with Gasteiger partial charge >= 0.3 is 0 Å². The molecule has 1 nitrogen and oxygen atoms in total. The van der Waals surface area contributed by atoms with E-state index in [9.17, 15) is 0 Å². The highest BCUT2D eigenvalue weighted by molar-refractivity contribution is 7.17. The zero-order valence-corrected chi connectivity index (χ0v) is 10.2. The molecule has 0 spiro atoms. The lowest BCUT2D eigenvalue weighted by molar-refractivity contribution is 0.337. The Morgan fingerprint density at radius 2 is 2.27 bits per heavy atom. The summed E-state index contributed by atoms with van der Waals surface area (Å²) in [6.45, 7) is 2.14. The Balaban J connectivity index is 2.34. The van der Waals surface area contributed by atoms with Crippen LogP contribution in [0.4, 0.5) is 0 Å². The average molecular weight is 238 g/mol. The average Bonchev–Trinajstić information content (AvgIpc) is 2.52. The molecule has 2 heterocycles. The van der Waals surface area contributed by atoms with Gasteiger partial charge in [-0.15, -0.1) is 11.3 Å². The van der Waals surface area contributed by atoms with E-state index in [0.29, 0.717) is 0 Å². The topological polar surface area (TPSA) is 3.24 Å². The first-order chi connectivity index (χ1) is 7.25. The van der Waals surface area contributed by atoms with Crippen molar-refractivity contribution in [3.05, 3.63) is 33.7 Å². The Bertz CT molecular complexity index is 518. The van der Waals surface area contributed by atoms with E-state index in [-0.39, 0.29) is 0 Å². The molecule has 3 heteroatoms. The Morgan fingerprint density at radius 3 is 3.13 bits per heavy atom. The standard InChI is InChI=1S/C12H12ClNS/c1-14-5-4-9-10(13)2-3-11-12(9)8(6-14)7-15-11/h2-3,7H,4-6H2,1H3. The molecule has 0 atom stereocenters. The summed E-state index contributed by atoms with van der Waals surface area (Å²) in [5.74, 6) is 0. The number of halogens is 1. The monoisotopic (exact) mass is 237 g/mol. The van der Waals surface area contributed by atoms with Gasteiger partial charge in [0, 0.05) is 28.2 Å². The van der Waals surface area contributed by atoms with Crippen LogP contribution < -0.4 is 0 Å². The second kappa shape index (κ2) is 3.48. The van der Waals surface area contributed by atoms with Gasteiger partial charge in [0.1, 0.15) is 0 Å². The molecule has 78 valence electrons. The van der Waals surface area contributed by atoms with Crippen molar-refractivity contribution < 1.29 is 0 Å². The zero-order chi connectivity index (χ0) is 10.4. The van der Waals surface area contributed by atoms with Crippen molar-refractivity contribution in [3.8, 4) is 0 Å². The normalized spacial score (nSPS) is 16.9. The fourth-order valence-electron chi connectivity index (χ4n) is 2.28. The van der Waals surface area contributed by atoms with E-state index in [1.54, 1.807) is 0 Å². The van der Waals surface area contributed by atoms with Gasteiger partial charge in [0.25, 0.3) is 0 Å². The van der Waals surface area contributed by atoms with Gasteiger partial charge in [-0.1, -0.05) is 11.6 Å². The van der Waals surface area contributed by atoms with Gasteiger partial charge in [-0.3, -0.25) is 0 Å². The molecular formula is C12H12ClNS. The van der Waals surface area contributed by atoms with E-state index < -0.39 is 0 Å². The third-order valence-corrected chi connectivity index (χ3v) is 4.40. The number of hydrogen-bond acceptors (Lipinski definition) is 2. The molecule has 0 saturated carbocycles. The molecule has 3 rings (SSSR count). The van der Waals surface area contributed by atoms with Crippen LogP contribution in [0.3, 0.4) is 0 Å². The van der Waals surface area contributed by atoms with Gasteiger partial charge in [0.15, 0.2) is 0 Å². The maximum atomic E-state index is 6.27. The van der Waals surface area contributed by atoms with Crippen LogP contribution in [0.15, 0.2) is 17.5 Å². The third kappa shape index (κ3) is 1.48. The van der Waals surface area contributed by atoms with Crippen molar-refractivity contribution in [1.29, 1.82) is 0 Å². The van der Waals surface area contributed by atoms with Crippen LogP contribution >= 0.6 is 22.9 Å². The number of likely N-dealkylation sites (N-methyl/N-ethyl adjacent to an activating group) is 1. The van der Waals surface area contributed by atoms with Crippen molar-refractivity contribution in [3.63, 3.8) is 0 Å². The number of rotatable bonds is 0. The van der Waals surface area contributed by atoms with Crippen molar-refractivity contribution in [2.75, 3.05) is 13.6 Å². The summed E-state index contributed by atoms with van der Waals surface area (Å²) in [4.78, 5) is 2.36. The van der Waals surface area contributed by atoms with Crippen molar-refractivity contribution >= 4 is 33.0 Å². The maximum Gasteiger partial charge on any atom is 0.0445 e. The van der Waals surface area contributed by atoms with E-state index in [2.05, 4.69) is 23.4 Å². The highest BCUT2D eigenvalue weighted by Gasteiger charge is 2.17. The molecule has 0 radical (unpaired) electrons. The molecule has 1 aliphatic rings. The molecule has 0 aliphatic carbocycles. The van der Waals surface area contributed by atoms with Crippen LogP contribution in [-0.2, 0) is 13.0 Å². The van der Waals surface area contributed by atoms with E-state index in [1.807, 2.05) is 17.4 Å². The van der Waals surface area contributed by atoms with Crippen LogP contribution in [0.25, 0.3) is 10.1 Å². The van der Waals surface area contributed by atoms with Crippen LogP contribution in [0.5, 0.6) is 0 Å². The minimum absolute atomic E-state index is 0.928. The fourth-order valence-corrected chi connectivity index (χ4v) is 3.51. The smallest absolute Gasteiger partial charge is 0.0445 e. The fraction of sp³-hybridized carbons (Fsp3) is 0.333. The second-order valence-corrected chi connectivity index (χ2v) is 5.47. The van der Waals surface area contributed by atoms with Gasteiger partial charge in [0.2, 0.25) is 0 Å². The lowest BCUT2D eigenvalue weighted by Crippen LogP contribution is -2.18. The number of benzene rings is 1. The molecule has 0 fully saturated rings. The second-order valence-electron chi connectivity index (χ2n) is 4.15. The van der Waals surface area contributed by atoms with Crippen molar-refractivity contribution in [1.82, 2.24) is 4.90 Å². The predicted molar refractivity (Wildman–Crippen MR) is 66.9 cm³/mol. The summed E-state index contributed by atoms with van der Waals surface area (Å²) in [5, 5.41) is 4.61. The van der Waals surface area contributed by atoms with Crippen molar-refractivity contribution in [2.24, 2.45) is 0 Å². The third-order valence-electron chi connectivity index (χ3n) is 3.05. The number of hydrogen-bond donors (Lipinski definition) is 0. The molecule has 1 aromatic heterocycles. The molecule has 1 aliphatic heterocycles. The van der Waals surface area contributed by atoms with Crippen molar-refractivity contribution in [2.45, 2.75) is 13.0 Å². The molecule has 0 unspecified atom stereocenters. The highest BCUT2D eigenvalue weighted by atomic mass is 35.5. The van der Waals surface area contributed by atoms with Gasteiger partial charge in [-0.25, -0.2) is 0 Å². The first-order valence-electron chi connectivity index (χ1n) is 5.11. The largest absolute Gasteiger partial charge is 0.302 e. The summed E-state index contributed by atoms with van der Waals surface area (Å²) >= 11 is 8.10. The molecule has 2 aromatic rings. The van der Waals surface area contributed by atoms with Gasteiger partial charge in [-0.2, -0.15) is 0 Å². The SMILES string of the molecule is CN1CCc2c(Cl)ccc3scc(c23)C1. The Morgan fingerprint density at radius 1 is 1.40 bits per heavy atom. The van der Waals surface area contributed by atoms with Gasteiger partial charge in [-0.05, 0) is 42.1 Å². The predicted octanol–water partition coefficient (Wildman–Crippen LogP) is 3.54. The first kappa shape index (κ1) is 9.64. The van der Waals surface area contributed by atoms with E-state index >= 15 is 0 Å². The summed E-state index contributed by atoms with van der Waals surface area (Å²) in [6, 6.07) is 4.17. The molecule has 15 heavy (non-hydrogen) atoms. The van der Waals surface area contributed by atoms with E-state index in [1.165, 1.54) is 21.2 Å². The molecule has 0 saturated heterocycles. The summed E-state index contributed by atoms with van der Waals surface area (Å²) in [7, 11) is 2.17. The molecule has 0 N–H and O–H groups in total. The first-order valence-corrected chi connectivity index (χ1v) is 6.37. The van der Waals surface area contributed by atoms with Crippen LogP contribution in [0.2, 0.25) is 5.02 Å². The lowest BCUT2D eigenvalue weighted by atomic mass is 10.1. The van der Waals surface area contributed by atoms with E-state index in [0.717, 1.165) is 24.5 Å². The Hall–Kier alpha value is -0.570. The molecular weight excluding hydrogens is 226 g/mol. The summed E-state index contributed by atoms with van der Waals surface area (Å²) in [5.41, 5.74) is 2.78. The summed E-state index contributed by atoms with van der Waals surface area (Å²) in [6.07, 6.45) is 1.07.